The Kier molecular flexibility index (Phi) is 14.8. The second-order valence-corrected chi connectivity index (χ2v) is 24.2. The van der Waals surface area contributed by atoms with Crippen LogP contribution in [-0.4, -0.2) is 181 Å². The minimum absolute atomic E-state index is 0.00750. The molecule has 0 bridgehead atoms. The maximum absolute atomic E-state index is 13.2. The van der Waals surface area contributed by atoms with Gasteiger partial charge in [-0.15, -0.1) is 0 Å². The first-order valence-corrected chi connectivity index (χ1v) is 25.3. The Morgan fingerprint density at radius 3 is 1.75 bits per heavy atom. The molecule has 0 aromatic rings. The summed E-state index contributed by atoms with van der Waals surface area (Å²) in [7, 11) is 0. The molecule has 23 atom stereocenters. The van der Waals surface area contributed by atoms with Crippen LogP contribution in [0.1, 0.15) is 120 Å². The number of carbonyl (C=O) groups excluding carboxylic acids is 1. The van der Waals surface area contributed by atoms with Crippen molar-refractivity contribution in [1.82, 2.24) is 5.32 Å². The van der Waals surface area contributed by atoms with Gasteiger partial charge in [-0.05, 0) is 109 Å². The molecule has 5 aliphatic carbocycles. The number of hydrogen-bond donors (Lipinski definition) is 11. The molecule has 0 radical (unpaired) electrons. The second kappa shape index (κ2) is 19.1. The van der Waals surface area contributed by atoms with E-state index in [9.17, 15) is 60.7 Å². The fourth-order valence-corrected chi connectivity index (χ4v) is 15.6. The van der Waals surface area contributed by atoms with Crippen molar-refractivity contribution in [3.8, 4) is 0 Å². The summed E-state index contributed by atoms with van der Waals surface area (Å²) in [5, 5.41) is 109. The lowest BCUT2D eigenvalue weighted by Gasteiger charge is -2.71. The first-order valence-electron chi connectivity index (χ1n) is 25.3. The molecule has 8 aliphatic rings. The van der Waals surface area contributed by atoms with E-state index < -0.39 is 141 Å². The number of aliphatic hydroxyl groups excluding tert-OH is 9. The Balaban J connectivity index is 1.10. The maximum atomic E-state index is 13.2. The highest BCUT2D eigenvalue weighted by molar-refractivity contribution is 5.76. The number of carboxylic acid groups (broad SMARTS) is 1. The van der Waals surface area contributed by atoms with Crippen LogP contribution in [0.25, 0.3) is 0 Å². The molecule has 3 saturated heterocycles. The lowest BCUT2D eigenvalue weighted by molar-refractivity contribution is -0.380. The van der Waals surface area contributed by atoms with Gasteiger partial charge in [-0.3, -0.25) is 9.59 Å². The Labute approximate surface area is 404 Å². The Morgan fingerprint density at radius 1 is 0.652 bits per heavy atom. The maximum Gasteiger partial charge on any atom is 0.310 e. The van der Waals surface area contributed by atoms with Crippen LogP contribution in [0.3, 0.4) is 0 Å². The van der Waals surface area contributed by atoms with E-state index in [1.807, 2.05) is 0 Å². The smallest absolute Gasteiger partial charge is 0.310 e. The predicted octanol–water partition coefficient (Wildman–Crippen LogP) is 0.850. The SMILES string of the molecule is CC(=O)NC1C(OC2CCC3(C)C(CCC4(C)C3CC=C3C5CC(C)(C)CCC5(C(=O)O)CCC34C)C2(C)C)OC(CO)C(OC2OC(CO)C(O)C(O)C2O)C1OC1OC(CO)C(O)C(O)C1O. The molecular weight excluding hydrogens is 903 g/mol. The molecule has 0 spiro atoms. The highest BCUT2D eigenvalue weighted by Gasteiger charge is 2.70. The summed E-state index contributed by atoms with van der Waals surface area (Å²) in [6.45, 7) is 15.2. The largest absolute Gasteiger partial charge is 0.481 e. The molecule has 3 heterocycles. The van der Waals surface area contributed by atoms with Gasteiger partial charge in [0.15, 0.2) is 18.9 Å². The number of hydrogen-bond acceptors (Lipinski definition) is 17. The highest BCUT2D eigenvalue weighted by atomic mass is 16.8. The molecule has 8 rings (SSSR count). The molecule has 7 fully saturated rings. The van der Waals surface area contributed by atoms with Crippen LogP contribution in [-0.2, 0) is 38.0 Å². The van der Waals surface area contributed by atoms with E-state index in [0.717, 1.165) is 44.9 Å². The number of aliphatic carboxylic acids is 1. The van der Waals surface area contributed by atoms with Crippen molar-refractivity contribution < 1.29 is 89.1 Å². The van der Waals surface area contributed by atoms with Crippen molar-refractivity contribution in [3.63, 3.8) is 0 Å². The van der Waals surface area contributed by atoms with Crippen LogP contribution in [0.15, 0.2) is 11.6 Å². The van der Waals surface area contributed by atoms with Crippen LogP contribution >= 0.6 is 0 Å². The van der Waals surface area contributed by atoms with Crippen molar-refractivity contribution in [2.75, 3.05) is 19.8 Å². The van der Waals surface area contributed by atoms with Crippen molar-refractivity contribution in [2.45, 2.75) is 218 Å². The van der Waals surface area contributed by atoms with Crippen molar-refractivity contribution in [3.05, 3.63) is 11.6 Å². The van der Waals surface area contributed by atoms with E-state index in [-0.39, 0.29) is 33.5 Å². The molecule has 19 nitrogen and oxygen atoms in total. The van der Waals surface area contributed by atoms with E-state index in [1.165, 1.54) is 12.5 Å². The molecule has 23 unspecified atom stereocenters. The number of nitrogens with one attached hydrogen (secondary N) is 1. The number of fused-ring (bicyclic) bond motifs is 7. The minimum Gasteiger partial charge on any atom is -0.481 e. The number of allylic oxidation sites excluding steroid dienone is 2. The van der Waals surface area contributed by atoms with Gasteiger partial charge in [0, 0.05) is 6.92 Å². The molecule has 11 N–H and O–H groups in total. The lowest BCUT2D eigenvalue weighted by atomic mass is 9.33. The topological polar surface area (TPSA) is 304 Å². The van der Waals surface area contributed by atoms with Crippen molar-refractivity contribution in [2.24, 2.45) is 50.2 Å². The second-order valence-electron chi connectivity index (χ2n) is 24.2. The molecule has 19 heteroatoms. The number of ether oxygens (including phenoxy) is 6. The number of amides is 1. The lowest BCUT2D eigenvalue weighted by Crippen LogP contribution is -2.70. The first kappa shape index (κ1) is 53.4. The standard InChI is InChI=1S/C50H81NO18/c1-23(55)51-32-40(69-43-38(61)36(59)34(57)27(21-53)65-43)39(68-42-37(60)35(58)33(56)26(20-52)64-42)28(22-54)66-41(32)67-31-12-13-47(6)29(46(31,4)5)11-14-49(8)30(47)10-9-24-25-19-45(2,3)15-17-50(25,44(62)63)18-16-48(24,49)7/h9,25-43,52-54,56-61H,10-22H2,1-8H3,(H,51,55)(H,62,63). The molecule has 4 saturated carbocycles. The molecule has 1 amide bonds. The zero-order chi connectivity index (χ0) is 50.6. The van der Waals surface area contributed by atoms with Gasteiger partial charge in [-0.25, -0.2) is 0 Å². The normalized spacial score (nSPS) is 51.4. The van der Waals surface area contributed by atoms with Gasteiger partial charge in [0.25, 0.3) is 0 Å². The molecule has 0 aromatic heterocycles. The fourth-order valence-electron chi connectivity index (χ4n) is 15.6. The summed E-state index contributed by atoms with van der Waals surface area (Å²) in [6.07, 6.45) is -13.2. The quantitative estimate of drug-likeness (QED) is 0.101. The third-order valence-electron chi connectivity index (χ3n) is 19.8. The predicted molar refractivity (Wildman–Crippen MR) is 242 cm³/mol. The summed E-state index contributed by atoms with van der Waals surface area (Å²) in [5.74, 6) is -0.804. The monoisotopic (exact) mass is 984 g/mol. The van der Waals surface area contributed by atoms with Gasteiger partial charge in [0.1, 0.15) is 73.2 Å². The number of rotatable bonds is 11. The first-order chi connectivity index (χ1) is 32.2. The number of aliphatic hydroxyl groups is 9. The van der Waals surface area contributed by atoms with Gasteiger partial charge in [0.2, 0.25) is 5.91 Å². The van der Waals surface area contributed by atoms with Crippen LogP contribution in [0.5, 0.6) is 0 Å². The third-order valence-corrected chi connectivity index (χ3v) is 19.8. The van der Waals surface area contributed by atoms with Crippen LogP contribution in [0.4, 0.5) is 0 Å². The average Bonchev–Trinajstić information content (AvgIpc) is 3.28. The number of carboxylic acids is 1. The minimum atomic E-state index is -1.91. The van der Waals surface area contributed by atoms with E-state index in [0.29, 0.717) is 25.2 Å². The summed E-state index contributed by atoms with van der Waals surface area (Å²) in [5.41, 5.74) is -0.260. The summed E-state index contributed by atoms with van der Waals surface area (Å²) < 4.78 is 37.6. The van der Waals surface area contributed by atoms with E-state index >= 15 is 0 Å². The Bertz CT molecular complexity index is 1910. The molecule has 3 aliphatic heterocycles. The summed E-state index contributed by atoms with van der Waals surface area (Å²) in [4.78, 5) is 26.4. The highest BCUT2D eigenvalue weighted by Crippen LogP contribution is 2.76. The Hall–Kier alpha value is -1.92. The van der Waals surface area contributed by atoms with Crippen molar-refractivity contribution >= 4 is 11.9 Å². The zero-order valence-electron chi connectivity index (χ0n) is 41.5. The van der Waals surface area contributed by atoms with Crippen LogP contribution in [0.2, 0.25) is 0 Å². The third kappa shape index (κ3) is 8.65. The Morgan fingerprint density at radius 2 is 1.20 bits per heavy atom. The van der Waals surface area contributed by atoms with Crippen LogP contribution < -0.4 is 5.32 Å². The molecule has 0 aromatic carbocycles. The van der Waals surface area contributed by atoms with Crippen LogP contribution in [0, 0.1) is 50.2 Å². The van der Waals surface area contributed by atoms with Crippen molar-refractivity contribution in [1.29, 1.82) is 0 Å². The molecular formula is C50H81NO18. The summed E-state index contributed by atoms with van der Waals surface area (Å²) in [6, 6.07) is -1.33. The van der Waals surface area contributed by atoms with Gasteiger partial charge >= 0.3 is 5.97 Å². The van der Waals surface area contributed by atoms with Gasteiger partial charge in [0.05, 0.1) is 31.3 Å². The van der Waals surface area contributed by atoms with Gasteiger partial charge < -0.3 is 84.8 Å². The summed E-state index contributed by atoms with van der Waals surface area (Å²) >= 11 is 0. The van der Waals surface area contributed by atoms with Gasteiger partial charge in [-0.2, -0.15) is 0 Å². The van der Waals surface area contributed by atoms with E-state index in [2.05, 4.69) is 59.9 Å². The average molecular weight is 984 g/mol. The van der Waals surface area contributed by atoms with E-state index in [4.69, 9.17) is 28.4 Å². The zero-order valence-corrected chi connectivity index (χ0v) is 41.5. The molecule has 69 heavy (non-hydrogen) atoms. The van der Waals surface area contributed by atoms with E-state index in [1.54, 1.807) is 0 Å². The molecule has 394 valence electrons. The fraction of sp³-hybridized carbons (Fsp3) is 0.920. The number of carbonyl (C=O) groups is 2. The van der Waals surface area contributed by atoms with Gasteiger partial charge in [-0.1, -0.05) is 60.1 Å².